The third kappa shape index (κ3) is 3.01. The van der Waals surface area contributed by atoms with Gasteiger partial charge in [-0.1, -0.05) is 29.8 Å². The molecule has 0 fully saturated rings. The molecule has 0 radical (unpaired) electrons. The molecule has 0 atom stereocenters. The smallest absolute Gasteiger partial charge is 0.261 e. The van der Waals surface area contributed by atoms with Crippen LogP contribution in [-0.2, 0) is 10.0 Å². The first-order valence-corrected chi connectivity index (χ1v) is 8.11. The number of nitrogens with one attached hydrogen (secondary N) is 1. The molecule has 1 N–H and O–H groups in total. The monoisotopic (exact) mass is 314 g/mol. The Morgan fingerprint density at radius 3 is 2.55 bits per heavy atom. The molecule has 6 heteroatoms. The van der Waals surface area contributed by atoms with Crippen LogP contribution in [0.5, 0.6) is 0 Å². The van der Waals surface area contributed by atoms with Crippen LogP contribution in [0.2, 0.25) is 0 Å². The molecule has 1 heterocycles. The van der Waals surface area contributed by atoms with Gasteiger partial charge >= 0.3 is 0 Å². The summed E-state index contributed by atoms with van der Waals surface area (Å²) in [5, 5.41) is 0. The SMILES string of the molecule is Cc1ccc(S(=O)(=O)Nc2cccc(-c3cnco3)c2)cc1. The molecule has 22 heavy (non-hydrogen) atoms. The first-order valence-electron chi connectivity index (χ1n) is 6.63. The van der Waals surface area contributed by atoms with E-state index in [1.165, 1.54) is 6.39 Å². The average molecular weight is 314 g/mol. The second kappa shape index (κ2) is 5.65. The third-order valence-corrected chi connectivity index (χ3v) is 4.56. The molecule has 0 aliphatic carbocycles. The number of benzene rings is 2. The van der Waals surface area contributed by atoms with Crippen LogP contribution < -0.4 is 4.72 Å². The van der Waals surface area contributed by atoms with Crippen LogP contribution >= 0.6 is 0 Å². The maximum absolute atomic E-state index is 12.4. The Labute approximate surface area is 128 Å². The van der Waals surface area contributed by atoms with Crippen LogP contribution in [0.25, 0.3) is 11.3 Å². The molecule has 0 unspecified atom stereocenters. The van der Waals surface area contributed by atoms with Crippen molar-refractivity contribution in [2.24, 2.45) is 0 Å². The summed E-state index contributed by atoms with van der Waals surface area (Å²) < 4.78 is 32.5. The van der Waals surface area contributed by atoms with Crippen molar-refractivity contribution in [1.82, 2.24) is 4.98 Å². The first kappa shape index (κ1) is 14.3. The summed E-state index contributed by atoms with van der Waals surface area (Å²) >= 11 is 0. The fraction of sp³-hybridized carbons (Fsp3) is 0.0625. The Morgan fingerprint density at radius 1 is 1.09 bits per heavy atom. The van der Waals surface area contributed by atoms with Gasteiger partial charge in [0.2, 0.25) is 0 Å². The zero-order chi connectivity index (χ0) is 15.6. The molecule has 5 nitrogen and oxygen atoms in total. The van der Waals surface area contributed by atoms with Crippen LogP contribution in [0.1, 0.15) is 5.56 Å². The minimum absolute atomic E-state index is 0.225. The standard InChI is InChI=1S/C16H14N2O3S/c1-12-5-7-15(8-6-12)22(19,20)18-14-4-2-3-13(9-14)16-10-17-11-21-16/h2-11,18H,1H3. The van der Waals surface area contributed by atoms with Gasteiger partial charge in [-0.3, -0.25) is 4.72 Å². The van der Waals surface area contributed by atoms with Crippen LogP contribution in [-0.4, -0.2) is 13.4 Å². The number of hydrogen-bond acceptors (Lipinski definition) is 4. The first-order chi connectivity index (χ1) is 10.5. The number of sulfonamides is 1. The van der Waals surface area contributed by atoms with E-state index in [1.54, 1.807) is 48.7 Å². The van der Waals surface area contributed by atoms with Gasteiger partial charge in [0.05, 0.1) is 11.1 Å². The van der Waals surface area contributed by atoms with Gasteiger partial charge < -0.3 is 4.42 Å². The Kier molecular flexibility index (Phi) is 3.68. The number of aryl methyl sites for hydroxylation is 1. The molecule has 3 aromatic rings. The molecular weight excluding hydrogens is 300 g/mol. The fourth-order valence-corrected chi connectivity index (χ4v) is 3.08. The summed E-state index contributed by atoms with van der Waals surface area (Å²) in [7, 11) is -3.61. The van der Waals surface area contributed by atoms with Gasteiger partial charge in [0.15, 0.2) is 12.2 Å². The molecule has 0 amide bonds. The number of anilines is 1. The van der Waals surface area contributed by atoms with Gasteiger partial charge in [0.25, 0.3) is 10.0 Å². The number of nitrogens with zero attached hydrogens (tertiary/aromatic N) is 1. The van der Waals surface area contributed by atoms with Crippen molar-refractivity contribution in [3.63, 3.8) is 0 Å². The Morgan fingerprint density at radius 2 is 1.86 bits per heavy atom. The summed E-state index contributed by atoms with van der Waals surface area (Å²) in [6.07, 6.45) is 2.91. The highest BCUT2D eigenvalue weighted by Crippen LogP contribution is 2.24. The summed E-state index contributed by atoms with van der Waals surface area (Å²) in [6.45, 7) is 1.91. The number of hydrogen-bond donors (Lipinski definition) is 1. The van der Waals surface area contributed by atoms with Crippen LogP contribution in [0, 0.1) is 6.92 Å². The van der Waals surface area contributed by atoms with Crippen molar-refractivity contribution in [1.29, 1.82) is 0 Å². The van der Waals surface area contributed by atoms with E-state index in [-0.39, 0.29) is 4.90 Å². The van der Waals surface area contributed by atoms with E-state index < -0.39 is 10.0 Å². The molecule has 0 saturated heterocycles. The van der Waals surface area contributed by atoms with E-state index >= 15 is 0 Å². The molecule has 1 aromatic heterocycles. The van der Waals surface area contributed by atoms with E-state index in [0.717, 1.165) is 11.1 Å². The van der Waals surface area contributed by atoms with Gasteiger partial charge in [-0.05, 0) is 31.2 Å². The Bertz CT molecular complexity index is 870. The predicted molar refractivity (Wildman–Crippen MR) is 83.9 cm³/mol. The topological polar surface area (TPSA) is 72.2 Å². The second-order valence-corrected chi connectivity index (χ2v) is 6.55. The maximum atomic E-state index is 12.4. The molecule has 3 rings (SSSR count). The quantitative estimate of drug-likeness (QED) is 0.800. The lowest BCUT2D eigenvalue weighted by atomic mass is 10.2. The van der Waals surface area contributed by atoms with Gasteiger partial charge in [0, 0.05) is 11.3 Å². The zero-order valence-electron chi connectivity index (χ0n) is 11.9. The van der Waals surface area contributed by atoms with E-state index in [1.807, 2.05) is 13.0 Å². The molecule has 0 saturated carbocycles. The summed E-state index contributed by atoms with van der Waals surface area (Å²) in [6, 6.07) is 13.7. The van der Waals surface area contributed by atoms with E-state index in [9.17, 15) is 8.42 Å². The van der Waals surface area contributed by atoms with Crippen molar-refractivity contribution >= 4 is 15.7 Å². The fourth-order valence-electron chi connectivity index (χ4n) is 2.03. The maximum Gasteiger partial charge on any atom is 0.261 e. The number of oxazole rings is 1. The van der Waals surface area contributed by atoms with Crippen molar-refractivity contribution in [2.75, 3.05) is 4.72 Å². The zero-order valence-corrected chi connectivity index (χ0v) is 12.7. The molecule has 0 bridgehead atoms. The summed E-state index contributed by atoms with van der Waals surface area (Å²) in [5.74, 6) is 0.580. The van der Waals surface area contributed by atoms with Crippen LogP contribution in [0.4, 0.5) is 5.69 Å². The molecule has 112 valence electrons. The summed E-state index contributed by atoms with van der Waals surface area (Å²) in [5.41, 5.74) is 2.22. The lowest BCUT2D eigenvalue weighted by Gasteiger charge is -2.09. The van der Waals surface area contributed by atoms with E-state index in [4.69, 9.17) is 4.42 Å². The van der Waals surface area contributed by atoms with Crippen molar-refractivity contribution in [2.45, 2.75) is 11.8 Å². The second-order valence-electron chi connectivity index (χ2n) is 4.87. The molecule has 0 aliphatic heterocycles. The van der Waals surface area contributed by atoms with Gasteiger partial charge in [-0.2, -0.15) is 0 Å². The van der Waals surface area contributed by atoms with Crippen molar-refractivity contribution < 1.29 is 12.8 Å². The predicted octanol–water partition coefficient (Wildman–Crippen LogP) is 3.45. The lowest BCUT2D eigenvalue weighted by molar-refractivity contribution is 0.572. The van der Waals surface area contributed by atoms with E-state index in [0.29, 0.717) is 11.4 Å². The third-order valence-electron chi connectivity index (χ3n) is 3.16. The number of rotatable bonds is 4. The Balaban J connectivity index is 1.89. The van der Waals surface area contributed by atoms with Crippen molar-refractivity contribution in [3.05, 3.63) is 66.7 Å². The van der Waals surface area contributed by atoms with Crippen molar-refractivity contribution in [3.8, 4) is 11.3 Å². The number of aromatic nitrogens is 1. The van der Waals surface area contributed by atoms with Crippen LogP contribution in [0.15, 0.2) is 70.4 Å². The molecule has 2 aromatic carbocycles. The van der Waals surface area contributed by atoms with Gasteiger partial charge in [0.1, 0.15) is 0 Å². The average Bonchev–Trinajstić information content (AvgIpc) is 3.02. The highest BCUT2D eigenvalue weighted by molar-refractivity contribution is 7.92. The van der Waals surface area contributed by atoms with E-state index in [2.05, 4.69) is 9.71 Å². The lowest BCUT2D eigenvalue weighted by Crippen LogP contribution is -2.12. The molecule has 0 aliphatic rings. The minimum Gasteiger partial charge on any atom is -0.444 e. The molecule has 0 spiro atoms. The largest absolute Gasteiger partial charge is 0.444 e. The van der Waals surface area contributed by atoms with Crippen LogP contribution in [0.3, 0.4) is 0 Å². The van der Waals surface area contributed by atoms with Gasteiger partial charge in [-0.15, -0.1) is 0 Å². The Hall–Kier alpha value is -2.60. The van der Waals surface area contributed by atoms with Gasteiger partial charge in [-0.25, -0.2) is 13.4 Å². The normalized spacial score (nSPS) is 11.3. The molecular formula is C16H14N2O3S. The minimum atomic E-state index is -3.61. The summed E-state index contributed by atoms with van der Waals surface area (Å²) in [4.78, 5) is 4.08. The highest BCUT2D eigenvalue weighted by Gasteiger charge is 2.14. The highest BCUT2D eigenvalue weighted by atomic mass is 32.2.